The van der Waals surface area contributed by atoms with E-state index in [1.807, 2.05) is 0 Å². The van der Waals surface area contributed by atoms with Gasteiger partial charge in [-0.3, -0.25) is 9.59 Å². The van der Waals surface area contributed by atoms with Crippen molar-refractivity contribution in [2.45, 2.75) is 19.8 Å². The first kappa shape index (κ1) is 11.2. The van der Waals surface area contributed by atoms with Crippen LogP contribution < -0.4 is 5.32 Å². The lowest BCUT2D eigenvalue weighted by atomic mass is 10.0. The first-order chi connectivity index (χ1) is 7.00. The quantitative estimate of drug-likeness (QED) is 0.794. The van der Waals surface area contributed by atoms with Crippen LogP contribution in [-0.2, 0) is 9.59 Å². The summed E-state index contributed by atoms with van der Waals surface area (Å²) in [6.07, 6.45) is 0. The summed E-state index contributed by atoms with van der Waals surface area (Å²) in [5.41, 5.74) is 1.39. The summed E-state index contributed by atoms with van der Waals surface area (Å²) >= 11 is 0. The van der Waals surface area contributed by atoms with E-state index in [9.17, 15) is 9.59 Å². The van der Waals surface area contributed by atoms with Gasteiger partial charge in [-0.1, -0.05) is 12.1 Å². The molecule has 1 rings (SSSR count). The highest BCUT2D eigenvalue weighted by Gasteiger charge is 2.12. The molecule has 1 aromatic carbocycles. The molecule has 0 spiro atoms. The molecule has 1 atom stereocenters. The largest absolute Gasteiger partial charge is 0.481 e. The van der Waals surface area contributed by atoms with Crippen LogP contribution in [0.4, 0.5) is 5.69 Å². The number of amides is 1. The topological polar surface area (TPSA) is 66.4 Å². The van der Waals surface area contributed by atoms with Crippen LogP contribution in [0.1, 0.15) is 25.3 Å². The number of anilines is 1. The Morgan fingerprint density at radius 3 is 2.20 bits per heavy atom. The second-order valence-electron chi connectivity index (χ2n) is 3.36. The second kappa shape index (κ2) is 4.59. The highest BCUT2D eigenvalue weighted by molar-refractivity contribution is 5.88. The van der Waals surface area contributed by atoms with Gasteiger partial charge in [-0.05, 0) is 24.6 Å². The van der Waals surface area contributed by atoms with Gasteiger partial charge in [-0.15, -0.1) is 0 Å². The number of carboxylic acid groups (broad SMARTS) is 1. The molecule has 0 aliphatic rings. The van der Waals surface area contributed by atoms with Crippen LogP contribution in [-0.4, -0.2) is 17.0 Å². The third kappa shape index (κ3) is 3.09. The van der Waals surface area contributed by atoms with E-state index >= 15 is 0 Å². The molecule has 4 nitrogen and oxygen atoms in total. The molecule has 2 N–H and O–H groups in total. The van der Waals surface area contributed by atoms with Crippen molar-refractivity contribution in [2.24, 2.45) is 0 Å². The van der Waals surface area contributed by atoms with Gasteiger partial charge in [-0.2, -0.15) is 0 Å². The van der Waals surface area contributed by atoms with Gasteiger partial charge in [-0.25, -0.2) is 0 Å². The minimum atomic E-state index is -0.859. The number of carbonyl (C=O) groups is 2. The molecule has 15 heavy (non-hydrogen) atoms. The highest BCUT2D eigenvalue weighted by Crippen LogP contribution is 2.17. The van der Waals surface area contributed by atoms with Crippen LogP contribution in [0.25, 0.3) is 0 Å². The molecule has 1 unspecified atom stereocenters. The summed E-state index contributed by atoms with van der Waals surface area (Å²) in [6.45, 7) is 3.05. The van der Waals surface area contributed by atoms with Gasteiger partial charge in [0.1, 0.15) is 0 Å². The zero-order chi connectivity index (χ0) is 11.4. The van der Waals surface area contributed by atoms with Gasteiger partial charge in [0.25, 0.3) is 0 Å². The molecule has 80 valence electrons. The maximum atomic E-state index is 10.7. The predicted octanol–water partition coefficient (Wildman–Crippen LogP) is 1.83. The summed E-state index contributed by atoms with van der Waals surface area (Å²) in [4.78, 5) is 21.4. The van der Waals surface area contributed by atoms with Crippen LogP contribution in [0.15, 0.2) is 24.3 Å². The zero-order valence-corrected chi connectivity index (χ0v) is 8.65. The average molecular weight is 207 g/mol. The summed E-state index contributed by atoms with van der Waals surface area (Å²) in [5.74, 6) is -1.53. The number of carbonyl (C=O) groups excluding carboxylic acids is 1. The van der Waals surface area contributed by atoms with E-state index < -0.39 is 11.9 Å². The molecule has 0 fully saturated rings. The minimum absolute atomic E-state index is 0.144. The van der Waals surface area contributed by atoms with E-state index in [0.29, 0.717) is 5.69 Å². The van der Waals surface area contributed by atoms with Gasteiger partial charge >= 0.3 is 5.97 Å². The van der Waals surface area contributed by atoms with E-state index in [2.05, 4.69) is 5.32 Å². The smallest absolute Gasteiger partial charge is 0.310 e. The Hall–Kier alpha value is -1.84. The fourth-order valence-electron chi connectivity index (χ4n) is 1.20. The number of aliphatic carboxylic acids is 1. The highest BCUT2D eigenvalue weighted by atomic mass is 16.4. The Labute approximate surface area is 87.9 Å². The first-order valence-corrected chi connectivity index (χ1v) is 4.61. The number of rotatable bonds is 3. The second-order valence-corrected chi connectivity index (χ2v) is 3.36. The Kier molecular flexibility index (Phi) is 3.44. The molecule has 0 aromatic heterocycles. The Bertz CT molecular complexity index is 370. The maximum Gasteiger partial charge on any atom is 0.310 e. The number of benzene rings is 1. The van der Waals surface area contributed by atoms with Crippen molar-refractivity contribution >= 4 is 17.6 Å². The first-order valence-electron chi connectivity index (χ1n) is 4.61. The molecule has 0 radical (unpaired) electrons. The van der Waals surface area contributed by atoms with E-state index in [-0.39, 0.29) is 5.91 Å². The Morgan fingerprint density at radius 1 is 1.27 bits per heavy atom. The number of hydrogen-bond donors (Lipinski definition) is 2. The molecule has 0 heterocycles. The molecule has 0 bridgehead atoms. The van der Waals surface area contributed by atoms with Crippen molar-refractivity contribution in [3.05, 3.63) is 29.8 Å². The molecule has 4 heteroatoms. The molecule has 1 aromatic rings. The van der Waals surface area contributed by atoms with Crippen LogP contribution in [0, 0.1) is 0 Å². The summed E-state index contributed by atoms with van der Waals surface area (Å²) < 4.78 is 0. The molecule has 0 aliphatic heterocycles. The fourth-order valence-corrected chi connectivity index (χ4v) is 1.20. The lowest BCUT2D eigenvalue weighted by Crippen LogP contribution is -2.08. The van der Waals surface area contributed by atoms with Crippen LogP contribution in [0.3, 0.4) is 0 Å². The number of hydrogen-bond acceptors (Lipinski definition) is 2. The normalized spacial score (nSPS) is 11.9. The standard InChI is InChI=1S/C11H13NO3/c1-7(11(14)15)9-3-5-10(6-4-9)12-8(2)13/h3-7H,1-2H3,(H,12,13)(H,14,15). The monoisotopic (exact) mass is 207 g/mol. The SMILES string of the molecule is CC(=O)Nc1ccc(C(C)C(=O)O)cc1. The Balaban J connectivity index is 2.80. The average Bonchev–Trinajstić information content (AvgIpc) is 2.17. The van der Waals surface area contributed by atoms with Crippen molar-refractivity contribution in [1.82, 2.24) is 0 Å². The van der Waals surface area contributed by atoms with E-state index in [0.717, 1.165) is 5.56 Å². The van der Waals surface area contributed by atoms with E-state index in [1.54, 1.807) is 31.2 Å². The molecule has 0 aliphatic carbocycles. The van der Waals surface area contributed by atoms with Gasteiger partial charge in [0, 0.05) is 12.6 Å². The van der Waals surface area contributed by atoms with Crippen molar-refractivity contribution < 1.29 is 14.7 Å². The number of nitrogens with one attached hydrogen (secondary N) is 1. The fraction of sp³-hybridized carbons (Fsp3) is 0.273. The third-order valence-electron chi connectivity index (χ3n) is 2.10. The van der Waals surface area contributed by atoms with Crippen molar-refractivity contribution in [2.75, 3.05) is 5.32 Å². The molecular formula is C11H13NO3. The third-order valence-corrected chi connectivity index (χ3v) is 2.10. The van der Waals surface area contributed by atoms with Gasteiger partial charge < -0.3 is 10.4 Å². The van der Waals surface area contributed by atoms with Gasteiger partial charge in [0.05, 0.1) is 5.92 Å². The van der Waals surface area contributed by atoms with Gasteiger partial charge in [0.2, 0.25) is 5.91 Å². The van der Waals surface area contributed by atoms with Gasteiger partial charge in [0.15, 0.2) is 0 Å². The summed E-state index contributed by atoms with van der Waals surface area (Å²) in [6, 6.07) is 6.78. The lowest BCUT2D eigenvalue weighted by molar-refractivity contribution is -0.138. The lowest BCUT2D eigenvalue weighted by Gasteiger charge is -2.07. The summed E-state index contributed by atoms with van der Waals surface area (Å²) in [5, 5.41) is 11.4. The molecular weight excluding hydrogens is 194 g/mol. The Morgan fingerprint density at radius 2 is 1.80 bits per heavy atom. The van der Waals surface area contributed by atoms with Crippen LogP contribution in [0.2, 0.25) is 0 Å². The zero-order valence-electron chi connectivity index (χ0n) is 8.65. The van der Waals surface area contributed by atoms with Crippen molar-refractivity contribution in [3.63, 3.8) is 0 Å². The van der Waals surface area contributed by atoms with E-state index in [4.69, 9.17) is 5.11 Å². The molecule has 0 saturated carbocycles. The van der Waals surface area contributed by atoms with Crippen molar-refractivity contribution in [3.8, 4) is 0 Å². The predicted molar refractivity (Wildman–Crippen MR) is 56.8 cm³/mol. The molecule has 1 amide bonds. The van der Waals surface area contributed by atoms with E-state index in [1.165, 1.54) is 6.92 Å². The minimum Gasteiger partial charge on any atom is -0.481 e. The van der Waals surface area contributed by atoms with Crippen LogP contribution >= 0.6 is 0 Å². The number of carboxylic acids is 1. The van der Waals surface area contributed by atoms with Crippen LogP contribution in [0.5, 0.6) is 0 Å². The van der Waals surface area contributed by atoms with Crippen molar-refractivity contribution in [1.29, 1.82) is 0 Å². The molecule has 0 saturated heterocycles. The summed E-state index contributed by atoms with van der Waals surface area (Å²) in [7, 11) is 0. The maximum absolute atomic E-state index is 10.7.